The lowest BCUT2D eigenvalue weighted by Gasteiger charge is -2.46. The van der Waals surface area contributed by atoms with E-state index in [9.17, 15) is 0 Å². The molecule has 0 aromatic carbocycles. The predicted octanol–water partition coefficient (Wildman–Crippen LogP) is 27.0. The molecule has 1 unspecified atom stereocenters. The van der Waals surface area contributed by atoms with Crippen molar-refractivity contribution >= 4 is 75.8 Å². The van der Waals surface area contributed by atoms with E-state index in [1.165, 1.54) is 392 Å². The molecule has 0 spiro atoms. The Morgan fingerprint density at radius 2 is 0.447 bits per heavy atom. The summed E-state index contributed by atoms with van der Waals surface area (Å²) < 4.78 is 0. The van der Waals surface area contributed by atoms with Gasteiger partial charge in [0.1, 0.15) is 0 Å². The van der Waals surface area contributed by atoms with Gasteiger partial charge in [-0.25, -0.2) is 0 Å². The molecule has 0 amide bonds. The molecule has 0 aliphatic carbocycles. The van der Waals surface area contributed by atoms with Gasteiger partial charge in [0.15, 0.2) is 0 Å². The molecule has 0 nitrogen and oxygen atoms in total. The molecule has 1 atom stereocenters. The summed E-state index contributed by atoms with van der Waals surface area (Å²) in [5, 5.41) is 1.63. The van der Waals surface area contributed by atoms with Crippen LogP contribution in [0.1, 0.15) is 398 Å². The van der Waals surface area contributed by atoms with Crippen LogP contribution in [-0.4, -0.2) is 23.0 Å². The number of hydrogen-bond donors (Lipinski definition) is 6. The lowest BCUT2D eigenvalue weighted by Crippen LogP contribution is -2.36. The van der Waals surface area contributed by atoms with Gasteiger partial charge in [-0.3, -0.25) is 0 Å². The third kappa shape index (κ3) is 55.3. The van der Waals surface area contributed by atoms with Gasteiger partial charge in [-0.15, -0.1) is 0 Å². The van der Waals surface area contributed by atoms with E-state index in [2.05, 4.69) is 56.3 Å². The van der Waals surface area contributed by atoms with E-state index in [-0.39, 0.29) is 0 Å². The molecule has 0 aliphatic heterocycles. The van der Waals surface area contributed by atoms with Gasteiger partial charge in [0, 0.05) is 11.0 Å². The molecule has 456 valence electrons. The van der Waals surface area contributed by atoms with Gasteiger partial charge in [-0.1, -0.05) is 334 Å². The normalized spacial score (nSPS) is 12.5. The number of thiol groups is 6. The summed E-state index contributed by atoms with van der Waals surface area (Å²) in [7, 11) is 0. The Kier molecular flexibility index (Phi) is 69.8. The number of unbranched alkanes of at least 4 members (excludes halogenated alkanes) is 52. The van der Waals surface area contributed by atoms with Crippen LogP contribution in [0, 0.1) is 22.3 Å². The fraction of sp³-hybridized carbons (Fsp3) is 0.971. The average molecular weight is 1170 g/mol. The minimum Gasteiger partial charge on any atom is -0.179 e. The second-order valence-corrected chi connectivity index (χ2v) is 27.5. The smallest absolute Gasteiger partial charge is 0.0338 e. The Morgan fingerprint density at radius 3 is 0.671 bits per heavy atom. The Morgan fingerprint density at radius 1 is 0.250 bits per heavy atom. The third-order valence-electron chi connectivity index (χ3n) is 17.8. The van der Waals surface area contributed by atoms with Crippen LogP contribution in [0.15, 0.2) is 0 Å². The van der Waals surface area contributed by atoms with Crippen LogP contribution in [0.2, 0.25) is 0 Å². The highest BCUT2D eigenvalue weighted by Gasteiger charge is 2.42. The molecule has 0 aliphatic rings. The Bertz CT molecular complexity index is 990. The van der Waals surface area contributed by atoms with Crippen LogP contribution in [0.5, 0.6) is 0 Å². The monoisotopic (exact) mass is 1170 g/mol. The molecule has 0 bridgehead atoms. The first-order valence-electron chi connectivity index (χ1n) is 35.1. The fourth-order valence-corrected chi connectivity index (χ4v) is 14.4. The quantitative estimate of drug-likeness (QED) is 0.0254. The van der Waals surface area contributed by atoms with Crippen LogP contribution in [-0.2, 0) is 0 Å². The van der Waals surface area contributed by atoms with E-state index in [1.807, 2.05) is 0 Å². The molecule has 0 saturated heterocycles. The summed E-state index contributed by atoms with van der Waals surface area (Å²) >= 11 is 28.0. The summed E-state index contributed by atoms with van der Waals surface area (Å²) in [6.07, 6.45) is 87.4. The van der Waals surface area contributed by atoms with E-state index >= 15 is 0 Å². The zero-order valence-corrected chi connectivity index (χ0v) is 56.9. The molecular weight excluding hydrogens is 1030 g/mol. The predicted molar refractivity (Wildman–Crippen MR) is 373 cm³/mol. The molecule has 0 rings (SSSR count). The maximum Gasteiger partial charge on any atom is 0.0338 e. The molecule has 0 aromatic rings. The van der Waals surface area contributed by atoms with Crippen LogP contribution in [0.3, 0.4) is 0 Å². The molecule has 0 heterocycles. The third-order valence-corrected chi connectivity index (χ3v) is 20.0. The van der Waals surface area contributed by atoms with E-state index in [1.54, 1.807) is 5.25 Å². The lowest BCUT2D eigenvalue weighted by molar-refractivity contribution is 0.125. The highest BCUT2D eigenvalue weighted by atomic mass is 32.1. The van der Waals surface area contributed by atoms with Crippen molar-refractivity contribution in [1.29, 1.82) is 0 Å². The van der Waals surface area contributed by atoms with Crippen molar-refractivity contribution in [2.75, 3.05) is 23.0 Å². The van der Waals surface area contributed by atoms with Gasteiger partial charge < -0.3 is 0 Å². The van der Waals surface area contributed by atoms with Gasteiger partial charge in [0.05, 0.1) is 0 Å². The maximum absolute atomic E-state index is 5.78. The standard InChI is InChI=1S/C70H140S6/c71-63-53-45-37-29-21-13-5-1-9-17-25-33-41-49-58-68(59-57-67-75)70(61-51-43-35-27-19-11-3-7-15-23-31-39-47-55-65-73,62-52-44-36-28-20-12-4-8-16-24-32-40-48-56-66-74)69(76)60-50-42-34-26-18-10-2-6-14-22-30-38-46-54-64-72/h67-68,71-76H,1-66H2. The molecular formula is C70H140S6. The van der Waals surface area contributed by atoms with Gasteiger partial charge >= 0.3 is 0 Å². The molecule has 76 heavy (non-hydrogen) atoms. The fourth-order valence-electron chi connectivity index (χ4n) is 12.8. The molecule has 6 heteroatoms. The second kappa shape index (κ2) is 67.9. The van der Waals surface area contributed by atoms with Crippen LogP contribution in [0.25, 0.3) is 0 Å². The lowest BCUT2D eigenvalue weighted by atomic mass is 9.62. The van der Waals surface area contributed by atoms with E-state index < -0.39 is 0 Å². The van der Waals surface area contributed by atoms with Crippen molar-refractivity contribution in [2.45, 2.75) is 398 Å². The second-order valence-electron chi connectivity index (χ2n) is 24.8. The molecule has 0 N–H and O–H groups in total. The summed E-state index contributed by atoms with van der Waals surface area (Å²) in [5.41, 5.74) is 0.290. The molecule has 0 fully saturated rings. The van der Waals surface area contributed by atoms with E-state index in [0.29, 0.717) is 5.41 Å². The van der Waals surface area contributed by atoms with Crippen LogP contribution < -0.4 is 0 Å². The average Bonchev–Trinajstić information content (AvgIpc) is 3.43. The van der Waals surface area contributed by atoms with Crippen LogP contribution >= 0.6 is 75.8 Å². The van der Waals surface area contributed by atoms with Crippen molar-refractivity contribution in [3.8, 4) is 0 Å². The first kappa shape index (κ1) is 78.1. The Balaban J connectivity index is 5.52. The maximum atomic E-state index is 5.78. The minimum atomic E-state index is 0.290. The minimum absolute atomic E-state index is 0.290. The first-order chi connectivity index (χ1) is 37.6. The number of rotatable bonds is 69. The summed E-state index contributed by atoms with van der Waals surface area (Å²) in [5.74, 6) is 7.17. The van der Waals surface area contributed by atoms with Crippen LogP contribution in [0.4, 0.5) is 0 Å². The first-order valence-corrected chi connectivity index (χ1v) is 38.6. The summed E-state index contributed by atoms with van der Waals surface area (Å²) in [6.45, 7) is 0. The molecule has 2 radical (unpaired) electrons. The summed E-state index contributed by atoms with van der Waals surface area (Å²) in [6, 6.07) is 0. The topological polar surface area (TPSA) is 0 Å². The number of hydrogen-bond acceptors (Lipinski definition) is 6. The zero-order valence-electron chi connectivity index (χ0n) is 51.5. The van der Waals surface area contributed by atoms with Crippen molar-refractivity contribution in [2.24, 2.45) is 11.3 Å². The summed E-state index contributed by atoms with van der Waals surface area (Å²) in [4.78, 5) is 0. The molecule has 0 aromatic heterocycles. The highest BCUT2D eigenvalue weighted by molar-refractivity contribution is 7.83. The van der Waals surface area contributed by atoms with Crippen molar-refractivity contribution in [3.63, 3.8) is 0 Å². The van der Waals surface area contributed by atoms with Crippen molar-refractivity contribution < 1.29 is 0 Å². The van der Waals surface area contributed by atoms with Gasteiger partial charge in [-0.2, -0.15) is 75.8 Å². The highest BCUT2D eigenvalue weighted by Crippen LogP contribution is 2.54. The largest absolute Gasteiger partial charge is 0.179 e. The van der Waals surface area contributed by atoms with Gasteiger partial charge in [0.2, 0.25) is 0 Å². The van der Waals surface area contributed by atoms with E-state index in [0.717, 1.165) is 35.4 Å². The Labute approximate surface area is 515 Å². The van der Waals surface area contributed by atoms with Gasteiger partial charge in [0.25, 0.3) is 0 Å². The zero-order chi connectivity index (χ0) is 55.0. The Hall–Kier alpha value is 2.10. The van der Waals surface area contributed by atoms with Crippen molar-refractivity contribution in [1.82, 2.24) is 0 Å². The van der Waals surface area contributed by atoms with Gasteiger partial charge in [-0.05, 0) is 98.6 Å². The molecule has 0 saturated carbocycles. The SMILES string of the molecule is S[CH]CCC(CCCCCCCCCCCCCCCCS)C(CCCCCCCCCCCCCCCCS)(CCCCCCCCCCCCCCCCS)[C](S)CCCCCCCCCCCCCCCCS. The van der Waals surface area contributed by atoms with E-state index in [4.69, 9.17) is 25.3 Å². The van der Waals surface area contributed by atoms with Crippen molar-refractivity contribution in [3.05, 3.63) is 11.0 Å².